The highest BCUT2D eigenvalue weighted by molar-refractivity contribution is 5.92. The van der Waals surface area contributed by atoms with Gasteiger partial charge in [0.2, 0.25) is 12.7 Å². The maximum Gasteiger partial charge on any atom is 0.270 e. The van der Waals surface area contributed by atoms with E-state index in [4.69, 9.17) is 9.47 Å². The molecule has 3 aromatic rings. The Hall–Kier alpha value is -3.61. The number of benzene rings is 2. The Morgan fingerprint density at radius 1 is 1.07 bits per heavy atom. The highest BCUT2D eigenvalue weighted by atomic mass is 16.7. The van der Waals surface area contributed by atoms with Gasteiger partial charge in [0.25, 0.3) is 5.91 Å². The quantitative estimate of drug-likeness (QED) is 0.693. The predicted molar refractivity (Wildman–Crippen MR) is 110 cm³/mol. The maximum atomic E-state index is 12.7. The number of hydrogen-bond donors (Lipinski definition) is 1. The number of carbonyl (C=O) groups is 1. The van der Waals surface area contributed by atoms with Crippen molar-refractivity contribution in [3.8, 4) is 11.5 Å². The zero-order valence-electron chi connectivity index (χ0n) is 16.4. The summed E-state index contributed by atoms with van der Waals surface area (Å²) in [4.78, 5) is 23.7. The topological polar surface area (TPSA) is 76.6 Å². The first-order valence-corrected chi connectivity index (χ1v) is 9.49. The van der Waals surface area contributed by atoms with Crippen molar-refractivity contribution in [2.24, 2.45) is 0 Å². The summed E-state index contributed by atoms with van der Waals surface area (Å²) < 4.78 is 10.7. The van der Waals surface area contributed by atoms with Crippen LogP contribution in [0.5, 0.6) is 11.5 Å². The molecule has 29 heavy (non-hydrogen) atoms. The zero-order valence-corrected chi connectivity index (χ0v) is 16.4. The Bertz CT molecular complexity index is 1020. The summed E-state index contributed by atoms with van der Waals surface area (Å²) in [5.41, 5.74) is 2.97. The van der Waals surface area contributed by atoms with Crippen LogP contribution in [-0.4, -0.2) is 29.2 Å². The van der Waals surface area contributed by atoms with E-state index < -0.39 is 0 Å². The van der Waals surface area contributed by atoms with Crippen LogP contribution in [0.4, 0.5) is 11.6 Å². The summed E-state index contributed by atoms with van der Waals surface area (Å²) in [7, 11) is 0. The molecule has 1 N–H and O–H groups in total. The lowest BCUT2D eigenvalue weighted by Crippen LogP contribution is -2.26. The number of rotatable bonds is 6. The smallest absolute Gasteiger partial charge is 0.270 e. The molecule has 0 radical (unpaired) electrons. The lowest BCUT2D eigenvalue weighted by molar-refractivity contribution is 0.0945. The lowest BCUT2D eigenvalue weighted by Gasteiger charge is -2.21. The summed E-state index contributed by atoms with van der Waals surface area (Å²) in [6.07, 6.45) is 0. The Labute approximate surface area is 169 Å². The van der Waals surface area contributed by atoms with Gasteiger partial charge in [-0.3, -0.25) is 4.79 Å². The fourth-order valence-corrected chi connectivity index (χ4v) is 3.16. The molecule has 0 bridgehead atoms. The second kappa shape index (κ2) is 8.18. The summed E-state index contributed by atoms with van der Waals surface area (Å²) in [5.74, 6) is 1.67. The van der Waals surface area contributed by atoms with Crippen molar-refractivity contribution in [1.82, 2.24) is 15.3 Å². The normalized spacial score (nSPS) is 11.9. The fourth-order valence-electron chi connectivity index (χ4n) is 3.16. The minimum atomic E-state index is -0.251. The van der Waals surface area contributed by atoms with Crippen molar-refractivity contribution in [2.45, 2.75) is 20.4 Å². The van der Waals surface area contributed by atoms with Crippen LogP contribution in [0.2, 0.25) is 0 Å². The van der Waals surface area contributed by atoms with Gasteiger partial charge >= 0.3 is 0 Å². The number of aryl methyl sites for hydroxylation is 1. The van der Waals surface area contributed by atoms with Gasteiger partial charge in [0.1, 0.15) is 5.69 Å². The highest BCUT2D eigenvalue weighted by Crippen LogP contribution is 2.32. The first-order valence-electron chi connectivity index (χ1n) is 9.49. The SMILES string of the molecule is CCN(c1ccccc1)c1nc(C)cc(C(=O)NCc2ccc3c(c2)OCO3)n1. The van der Waals surface area contributed by atoms with Crippen molar-refractivity contribution in [3.63, 3.8) is 0 Å². The first kappa shape index (κ1) is 18.7. The van der Waals surface area contributed by atoms with E-state index in [-0.39, 0.29) is 12.7 Å². The van der Waals surface area contributed by atoms with Gasteiger partial charge in [-0.25, -0.2) is 9.97 Å². The molecule has 0 saturated heterocycles. The molecular formula is C22H22N4O3. The van der Waals surface area contributed by atoms with E-state index >= 15 is 0 Å². The number of carbonyl (C=O) groups excluding carboxylic acids is 1. The molecule has 0 fully saturated rings. The number of hydrogen-bond acceptors (Lipinski definition) is 6. The van der Waals surface area contributed by atoms with Gasteiger partial charge in [-0.05, 0) is 49.7 Å². The molecule has 0 spiro atoms. The number of para-hydroxylation sites is 1. The molecule has 1 aliphatic heterocycles. The van der Waals surface area contributed by atoms with E-state index in [2.05, 4.69) is 15.3 Å². The summed E-state index contributed by atoms with van der Waals surface area (Å²) in [6, 6.07) is 17.2. The molecule has 1 amide bonds. The molecular weight excluding hydrogens is 368 g/mol. The highest BCUT2D eigenvalue weighted by Gasteiger charge is 2.17. The van der Waals surface area contributed by atoms with Crippen LogP contribution in [-0.2, 0) is 6.54 Å². The lowest BCUT2D eigenvalue weighted by atomic mass is 10.2. The number of ether oxygens (including phenoxy) is 2. The monoisotopic (exact) mass is 390 g/mol. The minimum Gasteiger partial charge on any atom is -0.454 e. The molecule has 148 valence electrons. The second-order valence-corrected chi connectivity index (χ2v) is 6.64. The van der Waals surface area contributed by atoms with Gasteiger partial charge in [0, 0.05) is 24.5 Å². The van der Waals surface area contributed by atoms with Crippen molar-refractivity contribution in [2.75, 3.05) is 18.2 Å². The van der Waals surface area contributed by atoms with Crippen molar-refractivity contribution in [3.05, 3.63) is 71.5 Å². The van der Waals surface area contributed by atoms with Gasteiger partial charge in [-0.15, -0.1) is 0 Å². The molecule has 7 nitrogen and oxygen atoms in total. The molecule has 2 heterocycles. The largest absolute Gasteiger partial charge is 0.454 e. The van der Waals surface area contributed by atoms with Crippen LogP contribution >= 0.6 is 0 Å². The first-order chi connectivity index (χ1) is 14.1. The third kappa shape index (κ3) is 4.13. The molecule has 0 aliphatic carbocycles. The van der Waals surface area contributed by atoms with Gasteiger partial charge < -0.3 is 19.7 Å². The average Bonchev–Trinajstić information content (AvgIpc) is 3.21. The van der Waals surface area contributed by atoms with Crippen LogP contribution in [0.1, 0.15) is 28.7 Å². The van der Waals surface area contributed by atoms with E-state index in [1.54, 1.807) is 6.07 Å². The summed E-state index contributed by atoms with van der Waals surface area (Å²) >= 11 is 0. The van der Waals surface area contributed by atoms with Gasteiger partial charge in [0.05, 0.1) is 0 Å². The van der Waals surface area contributed by atoms with Crippen molar-refractivity contribution in [1.29, 1.82) is 0 Å². The zero-order chi connectivity index (χ0) is 20.2. The average molecular weight is 390 g/mol. The third-order valence-electron chi connectivity index (χ3n) is 4.59. The number of amides is 1. The number of aromatic nitrogens is 2. The van der Waals surface area contributed by atoms with Gasteiger partial charge in [0.15, 0.2) is 11.5 Å². The molecule has 0 saturated carbocycles. The van der Waals surface area contributed by atoms with Gasteiger partial charge in [-0.2, -0.15) is 0 Å². The van der Waals surface area contributed by atoms with Crippen molar-refractivity contribution < 1.29 is 14.3 Å². The van der Waals surface area contributed by atoms with E-state index in [0.29, 0.717) is 30.5 Å². The molecule has 0 unspecified atom stereocenters. The molecule has 1 aromatic heterocycles. The van der Waals surface area contributed by atoms with Gasteiger partial charge in [-0.1, -0.05) is 24.3 Å². The molecule has 0 atom stereocenters. The van der Waals surface area contributed by atoms with Crippen LogP contribution in [0.25, 0.3) is 0 Å². The van der Waals surface area contributed by atoms with E-state index in [0.717, 1.165) is 22.7 Å². The predicted octanol–water partition coefficient (Wildman–Crippen LogP) is 3.60. The number of anilines is 2. The molecule has 7 heteroatoms. The molecule has 4 rings (SSSR count). The number of nitrogens with one attached hydrogen (secondary N) is 1. The van der Waals surface area contributed by atoms with Crippen LogP contribution in [0.15, 0.2) is 54.6 Å². The Balaban J connectivity index is 1.51. The number of fused-ring (bicyclic) bond motifs is 1. The van der Waals surface area contributed by atoms with E-state index in [9.17, 15) is 4.79 Å². The Kier molecular flexibility index (Phi) is 5.29. The van der Waals surface area contributed by atoms with Crippen LogP contribution in [0, 0.1) is 6.92 Å². The summed E-state index contributed by atoms with van der Waals surface area (Å²) in [5, 5.41) is 2.91. The maximum absolute atomic E-state index is 12.7. The fraction of sp³-hybridized carbons (Fsp3) is 0.227. The minimum absolute atomic E-state index is 0.226. The van der Waals surface area contributed by atoms with E-state index in [1.165, 1.54) is 0 Å². The molecule has 2 aromatic carbocycles. The standard InChI is InChI=1S/C22H22N4O3/c1-3-26(17-7-5-4-6-8-17)22-24-15(2)11-18(25-22)21(27)23-13-16-9-10-19-20(12-16)29-14-28-19/h4-12H,3,13-14H2,1-2H3,(H,23,27). The third-order valence-corrected chi connectivity index (χ3v) is 4.59. The van der Waals surface area contributed by atoms with E-state index in [1.807, 2.05) is 67.3 Å². The van der Waals surface area contributed by atoms with Crippen LogP contribution in [0.3, 0.4) is 0 Å². The summed E-state index contributed by atoms with van der Waals surface area (Å²) in [6.45, 7) is 5.16. The number of nitrogens with zero attached hydrogens (tertiary/aromatic N) is 3. The Morgan fingerprint density at radius 3 is 2.66 bits per heavy atom. The Morgan fingerprint density at radius 2 is 1.86 bits per heavy atom. The second-order valence-electron chi connectivity index (χ2n) is 6.64. The van der Waals surface area contributed by atoms with Crippen LogP contribution < -0.4 is 19.7 Å². The van der Waals surface area contributed by atoms with Crippen molar-refractivity contribution >= 4 is 17.5 Å². The molecule has 1 aliphatic rings.